The van der Waals surface area contributed by atoms with Gasteiger partial charge in [-0.1, -0.05) is 0 Å². The largest absolute Gasteiger partial charge is 0.480 e. The number of piperidine rings is 1. The molecule has 1 aliphatic rings. The highest BCUT2D eigenvalue weighted by molar-refractivity contribution is 7.98. The van der Waals surface area contributed by atoms with E-state index in [9.17, 15) is 14.4 Å². The second-order valence-electron chi connectivity index (χ2n) is 4.81. The molecule has 3 amide bonds. The van der Waals surface area contributed by atoms with Crippen LogP contribution in [0.2, 0.25) is 0 Å². The molecule has 20 heavy (non-hydrogen) atoms. The summed E-state index contributed by atoms with van der Waals surface area (Å²) in [6.45, 7) is 0.778. The SMILES string of the molecule is CSCC[C@@H](NC(=O)N1CCCC(C(N)=O)C1)C(=O)O. The summed E-state index contributed by atoms with van der Waals surface area (Å²) in [5, 5.41) is 11.6. The van der Waals surface area contributed by atoms with Gasteiger partial charge in [0.2, 0.25) is 5.91 Å². The molecule has 0 radical (unpaired) electrons. The van der Waals surface area contributed by atoms with E-state index in [1.807, 2.05) is 6.26 Å². The van der Waals surface area contributed by atoms with Crippen LogP contribution in [0.3, 0.4) is 0 Å². The van der Waals surface area contributed by atoms with E-state index in [4.69, 9.17) is 10.8 Å². The molecular weight excluding hydrogens is 282 g/mol. The highest BCUT2D eigenvalue weighted by atomic mass is 32.2. The van der Waals surface area contributed by atoms with Crippen LogP contribution in [0.1, 0.15) is 19.3 Å². The predicted molar refractivity (Wildman–Crippen MR) is 76.4 cm³/mol. The van der Waals surface area contributed by atoms with Crippen LogP contribution < -0.4 is 11.1 Å². The molecule has 1 unspecified atom stereocenters. The standard InChI is InChI=1S/C12H21N3O4S/c1-20-6-4-9(11(17)18)14-12(19)15-5-2-3-8(7-15)10(13)16/h8-9H,2-7H2,1H3,(H2,13,16)(H,14,19)(H,17,18)/t8?,9-/m1/s1. The number of carbonyl (C=O) groups is 3. The molecule has 1 fully saturated rings. The normalized spacial score (nSPS) is 20.2. The first-order valence-electron chi connectivity index (χ1n) is 6.52. The Morgan fingerprint density at radius 1 is 1.50 bits per heavy atom. The first kappa shape index (κ1) is 16.6. The molecule has 1 aliphatic heterocycles. The molecule has 0 aromatic carbocycles. The predicted octanol–water partition coefficient (Wildman–Crippen LogP) is 0.0996. The summed E-state index contributed by atoms with van der Waals surface area (Å²) >= 11 is 1.52. The number of nitrogens with two attached hydrogens (primary N) is 1. The number of hydrogen-bond donors (Lipinski definition) is 3. The lowest BCUT2D eigenvalue weighted by molar-refractivity contribution is -0.139. The van der Waals surface area contributed by atoms with Crippen LogP contribution in [-0.4, -0.2) is 59.1 Å². The Balaban J connectivity index is 2.55. The number of primary amides is 1. The number of aliphatic carboxylic acids is 1. The van der Waals surface area contributed by atoms with Gasteiger partial charge in [-0.3, -0.25) is 4.79 Å². The molecule has 0 aromatic rings. The van der Waals surface area contributed by atoms with E-state index in [2.05, 4.69) is 5.32 Å². The smallest absolute Gasteiger partial charge is 0.326 e. The van der Waals surface area contributed by atoms with Crippen LogP contribution in [0.4, 0.5) is 4.79 Å². The lowest BCUT2D eigenvalue weighted by Gasteiger charge is -2.32. The van der Waals surface area contributed by atoms with E-state index in [1.54, 1.807) is 0 Å². The number of likely N-dealkylation sites (tertiary alicyclic amines) is 1. The summed E-state index contributed by atoms with van der Waals surface area (Å²) in [6, 6.07) is -1.34. The monoisotopic (exact) mass is 303 g/mol. The summed E-state index contributed by atoms with van der Waals surface area (Å²) in [7, 11) is 0. The Kier molecular flexibility index (Phi) is 6.63. The third-order valence-electron chi connectivity index (χ3n) is 3.32. The lowest BCUT2D eigenvalue weighted by Crippen LogP contribution is -2.52. The number of nitrogens with one attached hydrogen (secondary N) is 1. The van der Waals surface area contributed by atoms with Gasteiger partial charge in [0.05, 0.1) is 5.92 Å². The average Bonchev–Trinajstić information content (AvgIpc) is 2.42. The summed E-state index contributed by atoms with van der Waals surface area (Å²) in [5.41, 5.74) is 5.25. The van der Waals surface area contributed by atoms with Gasteiger partial charge in [-0.05, 0) is 31.3 Å². The van der Waals surface area contributed by atoms with E-state index in [1.165, 1.54) is 16.7 Å². The fourth-order valence-corrected chi connectivity index (χ4v) is 2.60. The molecule has 8 heteroatoms. The van der Waals surface area contributed by atoms with Crippen molar-refractivity contribution in [3.63, 3.8) is 0 Å². The fourth-order valence-electron chi connectivity index (χ4n) is 2.13. The van der Waals surface area contributed by atoms with Crippen molar-refractivity contribution in [1.29, 1.82) is 0 Å². The maximum atomic E-state index is 12.0. The van der Waals surface area contributed by atoms with Gasteiger partial charge in [0.25, 0.3) is 0 Å². The first-order chi connectivity index (χ1) is 9.45. The molecule has 1 rings (SSSR count). The van der Waals surface area contributed by atoms with Crippen molar-refractivity contribution >= 4 is 29.7 Å². The first-order valence-corrected chi connectivity index (χ1v) is 7.91. The van der Waals surface area contributed by atoms with Gasteiger partial charge in [-0.2, -0.15) is 11.8 Å². The Bertz CT molecular complexity index is 378. The second-order valence-corrected chi connectivity index (χ2v) is 5.79. The van der Waals surface area contributed by atoms with Gasteiger partial charge in [0.15, 0.2) is 0 Å². The van der Waals surface area contributed by atoms with Crippen LogP contribution in [0.25, 0.3) is 0 Å². The molecule has 114 valence electrons. The summed E-state index contributed by atoms with van der Waals surface area (Å²) in [4.78, 5) is 35.7. The molecule has 1 heterocycles. The Morgan fingerprint density at radius 3 is 2.75 bits per heavy atom. The van der Waals surface area contributed by atoms with Crippen molar-refractivity contribution in [1.82, 2.24) is 10.2 Å². The number of carbonyl (C=O) groups excluding carboxylic acids is 2. The van der Waals surface area contributed by atoms with Gasteiger partial charge in [-0.15, -0.1) is 0 Å². The van der Waals surface area contributed by atoms with Crippen LogP contribution in [0, 0.1) is 5.92 Å². The van der Waals surface area contributed by atoms with Gasteiger partial charge in [0.1, 0.15) is 6.04 Å². The molecular formula is C12H21N3O4S. The van der Waals surface area contributed by atoms with E-state index in [0.717, 1.165) is 0 Å². The highest BCUT2D eigenvalue weighted by Crippen LogP contribution is 2.16. The number of nitrogens with zero attached hydrogens (tertiary/aromatic N) is 1. The number of amides is 3. The van der Waals surface area contributed by atoms with Crippen molar-refractivity contribution in [3.8, 4) is 0 Å². The molecule has 0 saturated carbocycles. The number of carboxylic acids is 1. The zero-order valence-corrected chi connectivity index (χ0v) is 12.3. The Hall–Kier alpha value is -1.44. The quantitative estimate of drug-likeness (QED) is 0.644. The van der Waals surface area contributed by atoms with Crippen LogP contribution in [-0.2, 0) is 9.59 Å². The molecule has 4 N–H and O–H groups in total. The number of rotatable bonds is 6. The van der Waals surface area contributed by atoms with Crippen LogP contribution in [0.5, 0.6) is 0 Å². The van der Waals surface area contributed by atoms with E-state index in [0.29, 0.717) is 31.6 Å². The van der Waals surface area contributed by atoms with Gasteiger partial charge in [0, 0.05) is 13.1 Å². The van der Waals surface area contributed by atoms with E-state index < -0.39 is 23.9 Å². The molecule has 2 atom stereocenters. The van der Waals surface area contributed by atoms with Crippen molar-refractivity contribution in [3.05, 3.63) is 0 Å². The Labute approximate surface area is 122 Å². The summed E-state index contributed by atoms with van der Waals surface area (Å²) < 4.78 is 0. The van der Waals surface area contributed by atoms with Crippen molar-refractivity contribution in [2.45, 2.75) is 25.3 Å². The number of hydrogen-bond acceptors (Lipinski definition) is 4. The van der Waals surface area contributed by atoms with E-state index in [-0.39, 0.29) is 12.5 Å². The molecule has 7 nitrogen and oxygen atoms in total. The molecule has 0 aromatic heterocycles. The molecule has 0 spiro atoms. The minimum Gasteiger partial charge on any atom is -0.480 e. The van der Waals surface area contributed by atoms with Crippen molar-refractivity contribution in [2.24, 2.45) is 11.7 Å². The lowest BCUT2D eigenvalue weighted by atomic mass is 9.98. The highest BCUT2D eigenvalue weighted by Gasteiger charge is 2.29. The topological polar surface area (TPSA) is 113 Å². The number of thioether (sulfide) groups is 1. The number of urea groups is 1. The maximum Gasteiger partial charge on any atom is 0.326 e. The third kappa shape index (κ3) is 4.92. The van der Waals surface area contributed by atoms with Crippen molar-refractivity contribution in [2.75, 3.05) is 25.1 Å². The minimum absolute atomic E-state index is 0.260. The maximum absolute atomic E-state index is 12.0. The van der Waals surface area contributed by atoms with Gasteiger partial charge in [-0.25, -0.2) is 9.59 Å². The van der Waals surface area contributed by atoms with E-state index >= 15 is 0 Å². The minimum atomic E-state index is -1.05. The molecule has 0 bridgehead atoms. The van der Waals surface area contributed by atoms with Gasteiger partial charge < -0.3 is 21.1 Å². The second kappa shape index (κ2) is 7.98. The van der Waals surface area contributed by atoms with Crippen molar-refractivity contribution < 1.29 is 19.5 Å². The van der Waals surface area contributed by atoms with Crippen LogP contribution >= 0.6 is 11.8 Å². The third-order valence-corrected chi connectivity index (χ3v) is 3.96. The zero-order chi connectivity index (χ0) is 15.1. The number of carboxylic acid groups (broad SMARTS) is 1. The molecule has 1 saturated heterocycles. The zero-order valence-electron chi connectivity index (χ0n) is 11.5. The Morgan fingerprint density at radius 2 is 2.20 bits per heavy atom. The average molecular weight is 303 g/mol. The summed E-state index contributed by atoms with van der Waals surface area (Å²) in [6.07, 6.45) is 3.62. The molecule has 0 aliphatic carbocycles. The summed E-state index contributed by atoms with van der Waals surface area (Å²) in [5.74, 6) is -1.15. The fraction of sp³-hybridized carbons (Fsp3) is 0.750. The van der Waals surface area contributed by atoms with Crippen LogP contribution in [0.15, 0.2) is 0 Å². The van der Waals surface area contributed by atoms with Gasteiger partial charge >= 0.3 is 12.0 Å².